The van der Waals surface area contributed by atoms with E-state index in [9.17, 15) is 9.59 Å². The lowest BCUT2D eigenvalue weighted by Crippen LogP contribution is -2.35. The van der Waals surface area contributed by atoms with Gasteiger partial charge in [0.2, 0.25) is 0 Å². The van der Waals surface area contributed by atoms with Gasteiger partial charge >= 0.3 is 5.63 Å². The largest absolute Gasteiger partial charge is 0.422 e. The van der Waals surface area contributed by atoms with E-state index in [-0.39, 0.29) is 11.5 Å². The van der Waals surface area contributed by atoms with Gasteiger partial charge in [0.1, 0.15) is 11.1 Å². The number of benzene rings is 2. The highest BCUT2D eigenvalue weighted by Crippen LogP contribution is 2.15. The van der Waals surface area contributed by atoms with Crippen LogP contribution in [0.15, 0.2) is 94.3 Å². The molecule has 144 valence electrons. The van der Waals surface area contributed by atoms with Crippen molar-refractivity contribution in [2.75, 3.05) is 6.54 Å². The molecule has 2 aromatic heterocycles. The number of hydrogen-bond acceptors (Lipinski definition) is 4. The molecular weight excluding hydrogens is 364 g/mol. The molecule has 0 atom stereocenters. The molecular formula is C24H20N2O3. The maximum Gasteiger partial charge on any atom is 0.349 e. The molecule has 0 saturated carbocycles. The summed E-state index contributed by atoms with van der Waals surface area (Å²) in [5, 5.41) is 0.722. The summed E-state index contributed by atoms with van der Waals surface area (Å²) in [6.45, 7) is 0.843. The third kappa shape index (κ3) is 4.41. The Balaban J connectivity index is 1.64. The fourth-order valence-corrected chi connectivity index (χ4v) is 3.23. The summed E-state index contributed by atoms with van der Waals surface area (Å²) in [5.74, 6) is -0.343. The minimum absolute atomic E-state index is 0.0423. The molecule has 4 rings (SSSR count). The predicted octanol–water partition coefficient (Wildman–Crippen LogP) is 4.07. The summed E-state index contributed by atoms with van der Waals surface area (Å²) >= 11 is 0. The highest BCUT2D eigenvalue weighted by atomic mass is 16.4. The molecule has 2 aromatic carbocycles. The fourth-order valence-electron chi connectivity index (χ4n) is 3.23. The first-order chi connectivity index (χ1) is 14.2. The Labute approximate surface area is 168 Å². The molecule has 0 fully saturated rings. The lowest BCUT2D eigenvalue weighted by molar-refractivity contribution is 0.0740. The minimum Gasteiger partial charge on any atom is -0.422 e. The molecule has 0 aliphatic heterocycles. The van der Waals surface area contributed by atoms with Gasteiger partial charge < -0.3 is 9.32 Å². The van der Waals surface area contributed by atoms with Crippen LogP contribution in [0, 0.1) is 0 Å². The van der Waals surface area contributed by atoms with Crippen molar-refractivity contribution in [2.45, 2.75) is 13.0 Å². The number of pyridine rings is 1. The van der Waals surface area contributed by atoms with Crippen molar-refractivity contribution in [1.29, 1.82) is 0 Å². The Morgan fingerprint density at radius 3 is 2.48 bits per heavy atom. The molecule has 0 N–H and O–H groups in total. The van der Waals surface area contributed by atoms with Gasteiger partial charge in [-0.05, 0) is 29.8 Å². The number of carbonyl (C=O) groups is 1. The number of nitrogens with zero attached hydrogens (tertiary/aromatic N) is 2. The van der Waals surface area contributed by atoms with E-state index in [2.05, 4.69) is 4.98 Å². The second kappa shape index (κ2) is 8.52. The third-order valence-electron chi connectivity index (χ3n) is 4.74. The Hall–Kier alpha value is -3.73. The Bertz CT molecular complexity index is 1170. The number of aromatic nitrogens is 1. The van der Waals surface area contributed by atoms with Crippen LogP contribution in [0.3, 0.4) is 0 Å². The van der Waals surface area contributed by atoms with E-state index in [0.29, 0.717) is 25.1 Å². The van der Waals surface area contributed by atoms with Gasteiger partial charge in [0.25, 0.3) is 5.91 Å². The van der Waals surface area contributed by atoms with Gasteiger partial charge in [-0.2, -0.15) is 0 Å². The molecule has 5 nitrogen and oxygen atoms in total. The van der Waals surface area contributed by atoms with E-state index in [1.165, 1.54) is 0 Å². The van der Waals surface area contributed by atoms with Crippen molar-refractivity contribution >= 4 is 16.9 Å². The maximum atomic E-state index is 13.3. The molecule has 0 spiro atoms. The molecule has 0 aliphatic carbocycles. The smallest absolute Gasteiger partial charge is 0.349 e. The molecule has 0 unspecified atom stereocenters. The zero-order valence-corrected chi connectivity index (χ0v) is 15.8. The fraction of sp³-hybridized carbons (Fsp3) is 0.125. The minimum atomic E-state index is -0.621. The molecule has 1 amide bonds. The molecule has 5 heteroatoms. The Morgan fingerprint density at radius 2 is 1.69 bits per heavy atom. The molecule has 29 heavy (non-hydrogen) atoms. The van der Waals surface area contributed by atoms with Crippen LogP contribution >= 0.6 is 0 Å². The van der Waals surface area contributed by atoms with Gasteiger partial charge in [0, 0.05) is 36.8 Å². The summed E-state index contributed by atoms with van der Waals surface area (Å²) < 4.78 is 5.36. The van der Waals surface area contributed by atoms with Crippen LogP contribution in [0.4, 0.5) is 0 Å². The highest BCUT2D eigenvalue weighted by Gasteiger charge is 2.21. The van der Waals surface area contributed by atoms with Crippen molar-refractivity contribution in [2.24, 2.45) is 0 Å². The third-order valence-corrected chi connectivity index (χ3v) is 4.74. The summed E-state index contributed by atoms with van der Waals surface area (Å²) in [4.78, 5) is 31.8. The molecule has 4 aromatic rings. The van der Waals surface area contributed by atoms with Crippen LogP contribution in [0.25, 0.3) is 11.0 Å². The van der Waals surface area contributed by atoms with Gasteiger partial charge in [-0.1, -0.05) is 54.6 Å². The van der Waals surface area contributed by atoms with Crippen LogP contribution < -0.4 is 5.63 Å². The van der Waals surface area contributed by atoms with Crippen LogP contribution in [0.2, 0.25) is 0 Å². The van der Waals surface area contributed by atoms with Crippen molar-refractivity contribution in [1.82, 2.24) is 9.88 Å². The summed E-state index contributed by atoms with van der Waals surface area (Å²) in [6.07, 6.45) is 2.33. The SMILES string of the molecule is O=C(c1cc2ccccc2oc1=O)N(CCc1ccccn1)Cc1ccccc1. The summed E-state index contributed by atoms with van der Waals surface area (Å²) in [6, 6.07) is 24.2. The number of para-hydroxylation sites is 1. The van der Waals surface area contributed by atoms with Crippen molar-refractivity contribution < 1.29 is 9.21 Å². The predicted molar refractivity (Wildman–Crippen MR) is 112 cm³/mol. The van der Waals surface area contributed by atoms with Crippen LogP contribution in [-0.4, -0.2) is 22.3 Å². The van der Waals surface area contributed by atoms with Gasteiger partial charge in [0.15, 0.2) is 0 Å². The number of carbonyl (C=O) groups excluding carboxylic acids is 1. The first-order valence-corrected chi connectivity index (χ1v) is 9.47. The molecule has 0 bridgehead atoms. The van der Waals surface area contributed by atoms with E-state index in [0.717, 1.165) is 16.6 Å². The van der Waals surface area contributed by atoms with E-state index < -0.39 is 5.63 Å². The Morgan fingerprint density at radius 1 is 0.931 bits per heavy atom. The van der Waals surface area contributed by atoms with Crippen molar-refractivity contribution in [3.05, 3.63) is 112 Å². The zero-order valence-electron chi connectivity index (χ0n) is 15.8. The van der Waals surface area contributed by atoms with E-state index in [4.69, 9.17) is 4.42 Å². The average Bonchev–Trinajstić information content (AvgIpc) is 2.77. The first-order valence-electron chi connectivity index (χ1n) is 9.47. The summed E-state index contributed by atoms with van der Waals surface area (Å²) in [5.41, 5.74) is 1.78. The second-order valence-electron chi connectivity index (χ2n) is 6.77. The highest BCUT2D eigenvalue weighted by molar-refractivity contribution is 5.96. The van der Waals surface area contributed by atoms with Gasteiger partial charge in [0.05, 0.1) is 0 Å². The topological polar surface area (TPSA) is 63.4 Å². The average molecular weight is 384 g/mol. The molecule has 0 saturated heterocycles. The van der Waals surface area contributed by atoms with Crippen molar-refractivity contribution in [3.63, 3.8) is 0 Å². The maximum absolute atomic E-state index is 13.3. The first kappa shape index (κ1) is 18.6. The Kier molecular flexibility index (Phi) is 5.47. The zero-order chi connectivity index (χ0) is 20.1. The standard InChI is InChI=1S/C24H20N2O3/c27-23(21-16-19-10-4-5-12-22(19)29-24(21)28)26(17-18-8-2-1-3-9-18)15-13-20-11-6-7-14-25-20/h1-12,14,16H,13,15,17H2. The second-order valence-corrected chi connectivity index (χ2v) is 6.77. The quantitative estimate of drug-likeness (QED) is 0.470. The number of hydrogen-bond donors (Lipinski definition) is 0. The van der Waals surface area contributed by atoms with Gasteiger partial charge in [-0.3, -0.25) is 9.78 Å². The lowest BCUT2D eigenvalue weighted by Gasteiger charge is -2.22. The normalized spacial score (nSPS) is 10.8. The van der Waals surface area contributed by atoms with Crippen molar-refractivity contribution in [3.8, 4) is 0 Å². The van der Waals surface area contributed by atoms with Gasteiger partial charge in [-0.25, -0.2) is 4.79 Å². The summed E-state index contributed by atoms with van der Waals surface area (Å²) in [7, 11) is 0. The van der Waals surface area contributed by atoms with E-state index in [1.54, 1.807) is 29.3 Å². The molecule has 0 aliphatic rings. The molecule has 2 heterocycles. The lowest BCUT2D eigenvalue weighted by atomic mass is 10.1. The van der Waals surface area contributed by atoms with Crippen LogP contribution in [0.5, 0.6) is 0 Å². The number of amides is 1. The molecule has 0 radical (unpaired) electrons. The number of fused-ring (bicyclic) bond motifs is 1. The van der Waals surface area contributed by atoms with E-state index >= 15 is 0 Å². The van der Waals surface area contributed by atoms with Gasteiger partial charge in [-0.15, -0.1) is 0 Å². The number of rotatable bonds is 6. The van der Waals surface area contributed by atoms with E-state index in [1.807, 2.05) is 60.7 Å². The van der Waals surface area contributed by atoms with Crippen LogP contribution in [0.1, 0.15) is 21.6 Å². The van der Waals surface area contributed by atoms with Crippen LogP contribution in [-0.2, 0) is 13.0 Å². The monoisotopic (exact) mass is 384 g/mol.